The molecule has 3 aromatic carbocycles. The molecule has 38 heavy (non-hydrogen) atoms. The number of carbonyl (C=O) groups excluding carboxylic acids is 2. The zero-order chi connectivity index (χ0) is 27.4. The molecule has 4 rings (SSSR count). The lowest BCUT2D eigenvalue weighted by Crippen LogP contribution is -2.54. The highest BCUT2D eigenvalue weighted by Crippen LogP contribution is 2.31. The van der Waals surface area contributed by atoms with E-state index in [0.29, 0.717) is 23.0 Å². The Bertz CT molecular complexity index is 1260. The summed E-state index contributed by atoms with van der Waals surface area (Å²) in [5.41, 5.74) is 0. The Morgan fingerprint density at radius 1 is 0.737 bits per heavy atom. The van der Waals surface area contributed by atoms with Gasteiger partial charge in [0.05, 0.1) is 5.97 Å². The Kier molecular flexibility index (Phi) is 9.65. The van der Waals surface area contributed by atoms with Crippen LogP contribution in [0.5, 0.6) is 28.9 Å². The molecule has 196 valence electrons. The lowest BCUT2D eigenvalue weighted by Gasteiger charge is -2.31. The maximum absolute atomic E-state index is 11.2. The molecule has 0 aliphatic rings. The van der Waals surface area contributed by atoms with Gasteiger partial charge in [0.2, 0.25) is 5.88 Å². The van der Waals surface area contributed by atoms with Crippen molar-refractivity contribution in [2.45, 2.75) is 25.7 Å². The van der Waals surface area contributed by atoms with Gasteiger partial charge in [0.25, 0.3) is 5.79 Å². The molecule has 0 aliphatic carbocycles. The third kappa shape index (κ3) is 8.27. The van der Waals surface area contributed by atoms with Gasteiger partial charge < -0.3 is 38.7 Å². The number of carboxylic acids is 2. The number of para-hydroxylation sites is 4. The van der Waals surface area contributed by atoms with E-state index in [1.807, 2.05) is 18.2 Å². The van der Waals surface area contributed by atoms with Crippen molar-refractivity contribution in [1.29, 1.82) is 0 Å². The average molecular weight is 516 g/mol. The largest absolute Gasteiger partial charge is 0.546 e. The van der Waals surface area contributed by atoms with E-state index in [-0.39, 0.29) is 5.88 Å². The summed E-state index contributed by atoms with van der Waals surface area (Å²) in [7, 11) is 0. The van der Waals surface area contributed by atoms with Crippen LogP contribution < -0.4 is 29.2 Å². The molecule has 9 nitrogen and oxygen atoms in total. The Morgan fingerprint density at radius 2 is 1.29 bits per heavy atom. The number of aliphatic carboxylic acids is 2. The summed E-state index contributed by atoms with van der Waals surface area (Å²) in [6.45, 7) is 2.68. The highest BCUT2D eigenvalue weighted by molar-refractivity contribution is 5.74. The van der Waals surface area contributed by atoms with Gasteiger partial charge in [0.15, 0.2) is 11.5 Å². The summed E-state index contributed by atoms with van der Waals surface area (Å²) >= 11 is 0. The highest BCUT2D eigenvalue weighted by atomic mass is 16.7. The summed E-state index contributed by atoms with van der Waals surface area (Å²) in [6.07, 6.45) is 0.452. The second kappa shape index (κ2) is 13.3. The number of carboxylic acid groups (broad SMARTS) is 2. The molecule has 4 aromatic rings. The van der Waals surface area contributed by atoms with Crippen LogP contribution in [0.25, 0.3) is 0 Å². The van der Waals surface area contributed by atoms with Crippen molar-refractivity contribution in [3.05, 3.63) is 109 Å². The first kappa shape index (κ1) is 27.5. The number of benzene rings is 3. The average Bonchev–Trinajstić information content (AvgIpc) is 2.92. The number of hydrogen-bond acceptors (Lipinski definition) is 9. The summed E-state index contributed by atoms with van der Waals surface area (Å²) in [6, 6.07) is 29.5. The maximum atomic E-state index is 11.2. The summed E-state index contributed by atoms with van der Waals surface area (Å²) in [4.78, 5) is 25.8. The van der Waals surface area contributed by atoms with Gasteiger partial charge in [0.1, 0.15) is 23.6 Å². The molecule has 1 aromatic heterocycles. The normalized spacial score (nSPS) is 12.5. The van der Waals surface area contributed by atoms with Gasteiger partial charge >= 0.3 is 0 Å². The molecule has 0 fully saturated rings. The number of aromatic nitrogens is 1. The van der Waals surface area contributed by atoms with Gasteiger partial charge in [-0.3, -0.25) is 0 Å². The van der Waals surface area contributed by atoms with Crippen LogP contribution in [0.2, 0.25) is 0 Å². The van der Waals surface area contributed by atoms with E-state index in [9.17, 15) is 19.8 Å². The fourth-order valence-electron chi connectivity index (χ4n) is 2.91. The minimum Gasteiger partial charge on any atom is -0.546 e. The zero-order valence-corrected chi connectivity index (χ0v) is 20.7. The third-order valence-electron chi connectivity index (χ3n) is 4.82. The fourth-order valence-corrected chi connectivity index (χ4v) is 2.91. The van der Waals surface area contributed by atoms with Crippen molar-refractivity contribution in [2.24, 2.45) is 0 Å². The second-order valence-corrected chi connectivity index (χ2v) is 7.86. The molecule has 0 spiro atoms. The van der Waals surface area contributed by atoms with E-state index in [2.05, 4.69) is 4.98 Å². The van der Waals surface area contributed by atoms with Crippen LogP contribution in [0, 0.1) is 0 Å². The highest BCUT2D eigenvalue weighted by Gasteiger charge is 2.31. The maximum Gasteiger partial charge on any atom is 0.291 e. The first-order chi connectivity index (χ1) is 18.3. The van der Waals surface area contributed by atoms with Gasteiger partial charge in [-0.05, 0) is 49.4 Å². The number of pyridine rings is 1. The monoisotopic (exact) mass is 515 g/mol. The molecule has 0 saturated heterocycles. The van der Waals surface area contributed by atoms with E-state index in [1.165, 1.54) is 26.1 Å². The molecule has 2 unspecified atom stereocenters. The van der Waals surface area contributed by atoms with Gasteiger partial charge in [-0.1, -0.05) is 54.6 Å². The zero-order valence-electron chi connectivity index (χ0n) is 20.7. The van der Waals surface area contributed by atoms with Gasteiger partial charge in [-0.15, -0.1) is 0 Å². The molecule has 9 heteroatoms. The predicted molar refractivity (Wildman–Crippen MR) is 133 cm³/mol. The lowest BCUT2D eigenvalue weighted by molar-refractivity contribution is -0.336. The Balaban J connectivity index is 0.000000211. The van der Waals surface area contributed by atoms with E-state index >= 15 is 0 Å². The van der Waals surface area contributed by atoms with Crippen LogP contribution in [0.4, 0.5) is 0 Å². The van der Waals surface area contributed by atoms with Crippen LogP contribution in [0.1, 0.15) is 13.8 Å². The molecule has 0 bridgehead atoms. The van der Waals surface area contributed by atoms with Crippen LogP contribution in [0.3, 0.4) is 0 Å². The second-order valence-electron chi connectivity index (χ2n) is 7.86. The van der Waals surface area contributed by atoms with Crippen molar-refractivity contribution < 1.29 is 38.7 Å². The van der Waals surface area contributed by atoms with Crippen LogP contribution in [0.15, 0.2) is 109 Å². The lowest BCUT2D eigenvalue weighted by atomic mass is 10.3. The molecule has 0 N–H and O–H groups in total. The van der Waals surface area contributed by atoms with Crippen molar-refractivity contribution in [3.63, 3.8) is 0 Å². The van der Waals surface area contributed by atoms with E-state index in [4.69, 9.17) is 18.9 Å². The van der Waals surface area contributed by atoms with E-state index in [1.54, 1.807) is 78.9 Å². The molecule has 0 amide bonds. The fraction of sp³-hybridized carbons (Fsp3) is 0.138. The molecule has 0 radical (unpaired) electrons. The Labute approximate surface area is 219 Å². The van der Waals surface area contributed by atoms with Crippen molar-refractivity contribution in [2.75, 3.05) is 0 Å². The smallest absolute Gasteiger partial charge is 0.291 e. The summed E-state index contributed by atoms with van der Waals surface area (Å²) in [5.74, 6) is -2.72. The Morgan fingerprint density at radius 3 is 1.84 bits per heavy atom. The first-order valence-electron chi connectivity index (χ1n) is 11.5. The van der Waals surface area contributed by atoms with Gasteiger partial charge in [-0.25, -0.2) is 4.98 Å². The van der Waals surface area contributed by atoms with E-state index < -0.39 is 23.8 Å². The molecular weight excluding hydrogens is 490 g/mol. The minimum absolute atomic E-state index is 0.144. The van der Waals surface area contributed by atoms with Crippen LogP contribution in [-0.4, -0.2) is 28.8 Å². The first-order valence-corrected chi connectivity index (χ1v) is 11.5. The van der Waals surface area contributed by atoms with Crippen molar-refractivity contribution >= 4 is 11.9 Å². The van der Waals surface area contributed by atoms with Crippen LogP contribution >= 0.6 is 0 Å². The third-order valence-corrected chi connectivity index (χ3v) is 4.82. The Hall–Kier alpha value is -5.05. The molecular formula is C29H25NO8-2. The SMILES string of the molecule is CC(Oc1ccccc1)(Oc1ccccn1)C(=O)[O-].CC(Oc1ccccc1Oc1ccccc1)C(=O)[O-]. The van der Waals surface area contributed by atoms with Gasteiger partial charge in [-0.2, -0.15) is 0 Å². The van der Waals surface area contributed by atoms with E-state index in [0.717, 1.165) is 0 Å². The number of nitrogens with zero attached hydrogens (tertiary/aromatic N) is 1. The summed E-state index contributed by atoms with van der Waals surface area (Å²) < 4.78 is 21.6. The number of carbonyl (C=O) groups is 2. The summed E-state index contributed by atoms with van der Waals surface area (Å²) in [5, 5.41) is 21.9. The quantitative estimate of drug-likeness (QED) is 0.293. The molecule has 0 aliphatic heterocycles. The van der Waals surface area contributed by atoms with Crippen molar-refractivity contribution in [1.82, 2.24) is 4.98 Å². The number of ether oxygens (including phenoxy) is 4. The molecule has 1 heterocycles. The minimum atomic E-state index is -1.95. The van der Waals surface area contributed by atoms with Crippen molar-refractivity contribution in [3.8, 4) is 28.9 Å². The topological polar surface area (TPSA) is 130 Å². The molecule has 2 atom stereocenters. The number of rotatable bonds is 10. The van der Waals surface area contributed by atoms with Crippen LogP contribution in [-0.2, 0) is 9.59 Å². The standard InChI is InChI=1S/C15H14O4.C14H13NO4/c1-11(15(16)17)18-13-9-5-6-10-14(13)19-12-7-3-2-4-8-12;1-14(13(16)17,18-11-7-3-2-4-8-11)19-12-9-5-6-10-15-12/h2-11H,1H3,(H,16,17);2-10H,1H3,(H,16,17)/p-2. The molecule has 0 saturated carbocycles. The predicted octanol–water partition coefficient (Wildman–Crippen LogP) is 3.00. The van der Waals surface area contributed by atoms with Gasteiger partial charge in [0, 0.05) is 19.2 Å². The number of hydrogen-bond donors (Lipinski definition) is 0.